The zero-order valence-corrected chi connectivity index (χ0v) is 11.2. The molecular formula is C14H11ClN2O2. The zero-order valence-electron chi connectivity index (χ0n) is 10.5. The van der Waals surface area contributed by atoms with Crippen molar-refractivity contribution in [2.24, 2.45) is 0 Å². The fourth-order valence-corrected chi connectivity index (χ4v) is 1.88. The van der Waals surface area contributed by atoms with E-state index in [4.69, 9.17) is 26.3 Å². The standard InChI is InChI=1S/C14H11ClN2O2/c1-18-10-4-6-13(19-2)11(7-10)12-5-3-9(8-16)14(15)17-12/h3-7H,1-2H3. The van der Waals surface area contributed by atoms with E-state index in [-0.39, 0.29) is 5.15 Å². The van der Waals surface area contributed by atoms with Crippen molar-refractivity contribution >= 4 is 11.6 Å². The molecule has 0 saturated heterocycles. The third-order valence-electron chi connectivity index (χ3n) is 2.65. The largest absolute Gasteiger partial charge is 0.497 e. The van der Waals surface area contributed by atoms with Gasteiger partial charge in [0, 0.05) is 5.56 Å². The molecule has 1 aromatic heterocycles. The van der Waals surface area contributed by atoms with Crippen molar-refractivity contribution in [2.75, 3.05) is 14.2 Å². The second-order valence-corrected chi connectivity index (χ2v) is 4.07. The van der Waals surface area contributed by atoms with Gasteiger partial charge in [0.15, 0.2) is 0 Å². The Bertz CT molecular complexity index is 650. The first-order valence-electron chi connectivity index (χ1n) is 5.48. The van der Waals surface area contributed by atoms with E-state index >= 15 is 0 Å². The number of hydrogen-bond donors (Lipinski definition) is 0. The van der Waals surface area contributed by atoms with Crippen LogP contribution in [0.1, 0.15) is 5.56 Å². The van der Waals surface area contributed by atoms with Gasteiger partial charge in [-0.3, -0.25) is 0 Å². The molecule has 96 valence electrons. The first kappa shape index (κ1) is 13.2. The Hall–Kier alpha value is -2.25. The Labute approximate surface area is 116 Å². The molecule has 0 unspecified atom stereocenters. The average Bonchev–Trinajstić information content (AvgIpc) is 2.46. The van der Waals surface area contributed by atoms with Crippen molar-refractivity contribution in [1.82, 2.24) is 4.98 Å². The topological polar surface area (TPSA) is 55.1 Å². The Morgan fingerprint density at radius 2 is 1.95 bits per heavy atom. The summed E-state index contributed by atoms with van der Waals surface area (Å²) in [5, 5.41) is 9.01. The predicted octanol–water partition coefficient (Wildman–Crippen LogP) is 3.29. The Balaban J connectivity index is 2.57. The maximum Gasteiger partial charge on any atom is 0.147 e. The van der Waals surface area contributed by atoms with Crippen molar-refractivity contribution in [3.8, 4) is 28.8 Å². The average molecular weight is 275 g/mol. The zero-order chi connectivity index (χ0) is 13.8. The number of aromatic nitrogens is 1. The lowest BCUT2D eigenvalue weighted by atomic mass is 10.1. The summed E-state index contributed by atoms with van der Waals surface area (Å²) in [5.74, 6) is 1.35. The third-order valence-corrected chi connectivity index (χ3v) is 2.94. The van der Waals surface area contributed by atoms with Gasteiger partial charge in [-0.2, -0.15) is 5.26 Å². The molecule has 2 aromatic rings. The summed E-state index contributed by atoms with van der Waals surface area (Å²) in [7, 11) is 3.17. The lowest BCUT2D eigenvalue weighted by molar-refractivity contribution is 0.404. The van der Waals surface area contributed by atoms with Crippen LogP contribution in [0.15, 0.2) is 30.3 Å². The van der Waals surface area contributed by atoms with E-state index in [1.54, 1.807) is 38.5 Å². The van der Waals surface area contributed by atoms with Crippen LogP contribution < -0.4 is 9.47 Å². The third kappa shape index (κ3) is 2.61. The fraction of sp³-hybridized carbons (Fsp3) is 0.143. The van der Waals surface area contributed by atoms with Crippen LogP contribution in [0.5, 0.6) is 11.5 Å². The molecule has 0 aliphatic rings. The molecule has 0 spiro atoms. The number of halogens is 1. The number of nitriles is 1. The van der Waals surface area contributed by atoms with Gasteiger partial charge in [0.2, 0.25) is 0 Å². The normalized spacial score (nSPS) is 9.79. The van der Waals surface area contributed by atoms with Crippen LogP contribution >= 0.6 is 11.6 Å². The molecule has 0 amide bonds. The van der Waals surface area contributed by atoms with Crippen molar-refractivity contribution in [3.63, 3.8) is 0 Å². The molecule has 0 aliphatic carbocycles. The minimum Gasteiger partial charge on any atom is -0.497 e. The summed E-state index contributed by atoms with van der Waals surface area (Å²) < 4.78 is 10.5. The number of ether oxygens (including phenoxy) is 2. The molecule has 0 atom stereocenters. The molecule has 19 heavy (non-hydrogen) atoms. The first-order valence-corrected chi connectivity index (χ1v) is 5.86. The molecule has 0 aliphatic heterocycles. The predicted molar refractivity (Wildman–Crippen MR) is 72.5 cm³/mol. The summed E-state index contributed by atoms with van der Waals surface area (Å²) >= 11 is 5.94. The van der Waals surface area contributed by atoms with E-state index in [1.165, 1.54) is 0 Å². The highest BCUT2D eigenvalue weighted by Crippen LogP contribution is 2.33. The van der Waals surface area contributed by atoms with Crippen LogP contribution in [0.25, 0.3) is 11.3 Å². The van der Waals surface area contributed by atoms with Crippen molar-refractivity contribution < 1.29 is 9.47 Å². The van der Waals surface area contributed by atoms with E-state index in [0.717, 1.165) is 5.56 Å². The van der Waals surface area contributed by atoms with E-state index in [2.05, 4.69) is 4.98 Å². The van der Waals surface area contributed by atoms with Crippen molar-refractivity contribution in [2.45, 2.75) is 0 Å². The van der Waals surface area contributed by atoms with Crippen LogP contribution in [0.4, 0.5) is 0 Å². The SMILES string of the molecule is COc1ccc(OC)c(-c2ccc(C#N)c(Cl)n2)c1. The van der Waals surface area contributed by atoms with Gasteiger partial charge in [-0.05, 0) is 30.3 Å². The van der Waals surface area contributed by atoms with E-state index in [0.29, 0.717) is 22.8 Å². The van der Waals surface area contributed by atoms with Crippen LogP contribution in [0.3, 0.4) is 0 Å². The van der Waals surface area contributed by atoms with Crippen LogP contribution in [-0.2, 0) is 0 Å². The summed E-state index contributed by atoms with van der Waals surface area (Å²) in [6.45, 7) is 0. The molecule has 0 fully saturated rings. The van der Waals surface area contributed by atoms with E-state index in [1.807, 2.05) is 12.1 Å². The summed E-state index contributed by atoms with van der Waals surface area (Å²) in [6, 6.07) is 10.7. The number of pyridine rings is 1. The maximum atomic E-state index is 8.84. The number of hydrogen-bond acceptors (Lipinski definition) is 4. The highest BCUT2D eigenvalue weighted by molar-refractivity contribution is 6.30. The number of nitrogens with zero attached hydrogens (tertiary/aromatic N) is 2. The minimum absolute atomic E-state index is 0.171. The van der Waals surface area contributed by atoms with Gasteiger partial charge in [-0.25, -0.2) is 4.98 Å². The molecule has 4 nitrogen and oxygen atoms in total. The lowest BCUT2D eigenvalue weighted by Crippen LogP contribution is -1.93. The second-order valence-electron chi connectivity index (χ2n) is 3.71. The van der Waals surface area contributed by atoms with Gasteiger partial charge in [-0.1, -0.05) is 11.6 Å². The molecule has 0 N–H and O–H groups in total. The molecule has 5 heteroatoms. The summed E-state index contributed by atoms with van der Waals surface area (Å²) in [5.41, 5.74) is 1.72. The van der Waals surface area contributed by atoms with Gasteiger partial charge >= 0.3 is 0 Å². The summed E-state index contributed by atoms with van der Waals surface area (Å²) in [6.07, 6.45) is 0. The monoisotopic (exact) mass is 274 g/mol. The highest BCUT2D eigenvalue weighted by Gasteiger charge is 2.11. The molecule has 1 heterocycles. The highest BCUT2D eigenvalue weighted by atomic mass is 35.5. The second kappa shape index (κ2) is 5.59. The van der Waals surface area contributed by atoms with Gasteiger partial charge in [0.1, 0.15) is 22.7 Å². The van der Waals surface area contributed by atoms with Gasteiger partial charge in [-0.15, -0.1) is 0 Å². The smallest absolute Gasteiger partial charge is 0.147 e. The minimum atomic E-state index is 0.171. The van der Waals surface area contributed by atoms with E-state index < -0.39 is 0 Å². The number of benzene rings is 1. The van der Waals surface area contributed by atoms with Crippen LogP contribution in [-0.4, -0.2) is 19.2 Å². The quantitative estimate of drug-likeness (QED) is 0.806. The maximum absolute atomic E-state index is 8.84. The van der Waals surface area contributed by atoms with Gasteiger partial charge < -0.3 is 9.47 Å². The van der Waals surface area contributed by atoms with Gasteiger partial charge in [0.05, 0.1) is 25.5 Å². The Morgan fingerprint density at radius 1 is 1.16 bits per heavy atom. The lowest BCUT2D eigenvalue weighted by Gasteiger charge is -2.10. The number of rotatable bonds is 3. The molecular weight excluding hydrogens is 264 g/mol. The molecule has 0 radical (unpaired) electrons. The Morgan fingerprint density at radius 3 is 2.53 bits per heavy atom. The molecule has 0 saturated carbocycles. The van der Waals surface area contributed by atoms with Crippen molar-refractivity contribution in [3.05, 3.63) is 41.0 Å². The van der Waals surface area contributed by atoms with Crippen LogP contribution in [0.2, 0.25) is 5.15 Å². The summed E-state index contributed by atoms with van der Waals surface area (Å²) in [4.78, 5) is 4.21. The fourth-order valence-electron chi connectivity index (χ4n) is 1.68. The van der Waals surface area contributed by atoms with E-state index in [9.17, 15) is 0 Å². The first-order chi connectivity index (χ1) is 9.19. The number of methoxy groups -OCH3 is 2. The molecule has 0 bridgehead atoms. The van der Waals surface area contributed by atoms with Crippen LogP contribution in [0, 0.1) is 11.3 Å². The van der Waals surface area contributed by atoms with Crippen molar-refractivity contribution in [1.29, 1.82) is 5.26 Å². The molecule has 1 aromatic carbocycles. The molecule has 2 rings (SSSR count). The van der Waals surface area contributed by atoms with Gasteiger partial charge in [0.25, 0.3) is 0 Å². The Kier molecular flexibility index (Phi) is 3.88.